The Kier molecular flexibility index (Phi) is 5.56. The molecule has 0 aliphatic carbocycles. The van der Waals surface area contributed by atoms with Crippen LogP contribution in [-0.2, 0) is 0 Å². The van der Waals surface area contributed by atoms with Crippen LogP contribution in [0.25, 0.3) is 0 Å². The number of nitrogens with one attached hydrogen (secondary N) is 2. The predicted octanol–water partition coefficient (Wildman–Crippen LogP) is 4.15. The van der Waals surface area contributed by atoms with E-state index in [0.29, 0.717) is 5.69 Å². The highest BCUT2D eigenvalue weighted by atomic mass is 16.5. The molecular weight excluding hydrogens is 340 g/mol. The normalized spacial score (nSPS) is 10.2. The highest BCUT2D eigenvalue weighted by Gasteiger charge is 2.08. The van der Waals surface area contributed by atoms with Crippen molar-refractivity contribution in [2.24, 2.45) is 0 Å². The monoisotopic (exact) mass is 362 g/mol. The number of aromatic nitrogens is 1. The average molecular weight is 362 g/mol. The highest BCUT2D eigenvalue weighted by molar-refractivity contribution is 6.03. The van der Waals surface area contributed by atoms with E-state index >= 15 is 0 Å². The fourth-order valence-corrected chi connectivity index (χ4v) is 2.51. The van der Waals surface area contributed by atoms with Crippen molar-refractivity contribution in [2.75, 3.05) is 36.7 Å². The molecule has 0 saturated carbocycles. The largest absolute Gasteiger partial charge is 0.497 e. The number of hydrogen-bond acceptors (Lipinski definition) is 5. The van der Waals surface area contributed by atoms with Crippen molar-refractivity contribution in [3.8, 4) is 5.75 Å². The minimum atomic E-state index is -0.250. The first-order valence-corrected chi connectivity index (χ1v) is 8.51. The van der Waals surface area contributed by atoms with Crippen LogP contribution in [0.15, 0.2) is 66.9 Å². The van der Waals surface area contributed by atoms with E-state index in [4.69, 9.17) is 4.74 Å². The molecule has 0 atom stereocenters. The van der Waals surface area contributed by atoms with E-state index in [1.54, 1.807) is 19.4 Å². The maximum atomic E-state index is 12.4. The standard InChI is InChI=1S/C21H22N4O2/c1-25(2)18-10-7-15(8-11-18)24-21(26)20-12-9-17(14-22-20)23-16-5-4-6-19(13-16)27-3/h4-14,23H,1-3H3,(H,24,26). The van der Waals surface area contributed by atoms with E-state index in [1.807, 2.05) is 73.6 Å². The van der Waals surface area contributed by atoms with Crippen molar-refractivity contribution in [1.82, 2.24) is 4.98 Å². The summed E-state index contributed by atoms with van der Waals surface area (Å²) in [6, 6.07) is 18.7. The summed E-state index contributed by atoms with van der Waals surface area (Å²) in [6.07, 6.45) is 1.63. The van der Waals surface area contributed by atoms with Gasteiger partial charge in [-0.15, -0.1) is 0 Å². The van der Waals surface area contributed by atoms with E-state index in [9.17, 15) is 4.79 Å². The molecule has 0 unspecified atom stereocenters. The van der Waals surface area contributed by atoms with Crippen LogP contribution >= 0.6 is 0 Å². The molecule has 0 radical (unpaired) electrons. The molecular formula is C21H22N4O2. The Morgan fingerprint density at radius 3 is 2.33 bits per heavy atom. The summed E-state index contributed by atoms with van der Waals surface area (Å²) >= 11 is 0. The fourth-order valence-electron chi connectivity index (χ4n) is 2.51. The van der Waals surface area contributed by atoms with Crippen molar-refractivity contribution >= 4 is 28.7 Å². The third-order valence-corrected chi connectivity index (χ3v) is 4.00. The van der Waals surface area contributed by atoms with Gasteiger partial charge in [0.05, 0.1) is 19.0 Å². The maximum Gasteiger partial charge on any atom is 0.274 e. The van der Waals surface area contributed by atoms with E-state index in [1.165, 1.54) is 0 Å². The van der Waals surface area contributed by atoms with Crippen molar-refractivity contribution < 1.29 is 9.53 Å². The molecule has 27 heavy (non-hydrogen) atoms. The first-order chi connectivity index (χ1) is 13.0. The zero-order valence-electron chi connectivity index (χ0n) is 15.6. The first-order valence-electron chi connectivity index (χ1n) is 8.51. The Balaban J connectivity index is 1.64. The second-order valence-electron chi connectivity index (χ2n) is 6.18. The van der Waals surface area contributed by atoms with Gasteiger partial charge in [-0.1, -0.05) is 6.07 Å². The number of amides is 1. The van der Waals surface area contributed by atoms with E-state index in [0.717, 1.165) is 28.5 Å². The zero-order chi connectivity index (χ0) is 19.2. The molecule has 2 aromatic carbocycles. The minimum absolute atomic E-state index is 0.250. The Bertz CT molecular complexity index is 906. The number of nitrogens with zero attached hydrogens (tertiary/aromatic N) is 2. The SMILES string of the molecule is COc1cccc(Nc2ccc(C(=O)Nc3ccc(N(C)C)cc3)nc2)c1. The molecule has 1 amide bonds. The number of carbonyl (C=O) groups excluding carboxylic acids is 1. The molecule has 0 aliphatic heterocycles. The molecule has 138 valence electrons. The summed E-state index contributed by atoms with van der Waals surface area (Å²) < 4.78 is 5.21. The van der Waals surface area contributed by atoms with Gasteiger partial charge in [-0.05, 0) is 48.5 Å². The molecule has 3 rings (SSSR count). The number of rotatable bonds is 6. The number of anilines is 4. The summed E-state index contributed by atoms with van der Waals surface area (Å²) in [5, 5.41) is 6.08. The lowest BCUT2D eigenvalue weighted by Gasteiger charge is -2.13. The topological polar surface area (TPSA) is 66.5 Å². The maximum absolute atomic E-state index is 12.4. The smallest absolute Gasteiger partial charge is 0.274 e. The number of benzene rings is 2. The van der Waals surface area contributed by atoms with Crippen LogP contribution in [0.3, 0.4) is 0 Å². The summed E-state index contributed by atoms with van der Waals surface area (Å²) in [5.74, 6) is 0.518. The molecule has 1 heterocycles. The number of ether oxygens (including phenoxy) is 1. The fraction of sp³-hybridized carbons (Fsp3) is 0.143. The Hall–Kier alpha value is -3.54. The van der Waals surface area contributed by atoms with Gasteiger partial charge in [0.1, 0.15) is 11.4 Å². The van der Waals surface area contributed by atoms with Gasteiger partial charge >= 0.3 is 0 Å². The second kappa shape index (κ2) is 8.23. The van der Waals surface area contributed by atoms with Gasteiger partial charge in [-0.2, -0.15) is 0 Å². The summed E-state index contributed by atoms with van der Waals surface area (Å²) in [7, 11) is 5.57. The summed E-state index contributed by atoms with van der Waals surface area (Å²) in [6.45, 7) is 0. The molecule has 0 bridgehead atoms. The summed E-state index contributed by atoms with van der Waals surface area (Å²) in [5.41, 5.74) is 3.82. The average Bonchev–Trinajstić information content (AvgIpc) is 2.69. The quantitative estimate of drug-likeness (QED) is 0.689. The lowest BCUT2D eigenvalue weighted by Crippen LogP contribution is -2.14. The highest BCUT2D eigenvalue weighted by Crippen LogP contribution is 2.21. The first kappa shape index (κ1) is 18.3. The molecule has 3 aromatic rings. The lowest BCUT2D eigenvalue weighted by molar-refractivity contribution is 0.102. The van der Waals surface area contributed by atoms with Gasteiger partial charge in [0.2, 0.25) is 0 Å². The van der Waals surface area contributed by atoms with Crippen LogP contribution in [0.1, 0.15) is 10.5 Å². The van der Waals surface area contributed by atoms with Crippen LogP contribution in [-0.4, -0.2) is 32.1 Å². The van der Waals surface area contributed by atoms with Crippen molar-refractivity contribution in [2.45, 2.75) is 0 Å². The van der Waals surface area contributed by atoms with E-state index in [-0.39, 0.29) is 5.91 Å². The molecule has 0 fully saturated rings. The van der Waals surface area contributed by atoms with Crippen LogP contribution in [0, 0.1) is 0 Å². The van der Waals surface area contributed by atoms with E-state index in [2.05, 4.69) is 15.6 Å². The van der Waals surface area contributed by atoms with Crippen LogP contribution < -0.4 is 20.3 Å². The number of pyridine rings is 1. The van der Waals surface area contributed by atoms with E-state index < -0.39 is 0 Å². The Labute approximate surface area is 158 Å². The van der Waals surface area contributed by atoms with Gasteiger partial charge < -0.3 is 20.3 Å². The molecule has 2 N–H and O–H groups in total. The zero-order valence-corrected chi connectivity index (χ0v) is 15.6. The third-order valence-electron chi connectivity index (χ3n) is 4.00. The molecule has 0 spiro atoms. The van der Waals surface area contributed by atoms with Crippen molar-refractivity contribution in [3.63, 3.8) is 0 Å². The predicted molar refractivity (Wildman–Crippen MR) is 109 cm³/mol. The molecule has 0 aliphatic rings. The second-order valence-corrected chi connectivity index (χ2v) is 6.18. The van der Waals surface area contributed by atoms with Crippen LogP contribution in [0.4, 0.5) is 22.7 Å². The van der Waals surface area contributed by atoms with Gasteiger partial charge in [-0.3, -0.25) is 4.79 Å². The molecule has 6 nitrogen and oxygen atoms in total. The van der Waals surface area contributed by atoms with Gasteiger partial charge in [0.25, 0.3) is 5.91 Å². The molecule has 6 heteroatoms. The van der Waals surface area contributed by atoms with Crippen LogP contribution in [0.2, 0.25) is 0 Å². The van der Waals surface area contributed by atoms with Gasteiger partial charge in [0, 0.05) is 37.2 Å². The number of carbonyl (C=O) groups is 1. The Morgan fingerprint density at radius 2 is 1.70 bits per heavy atom. The lowest BCUT2D eigenvalue weighted by atomic mass is 10.2. The third kappa shape index (κ3) is 4.76. The van der Waals surface area contributed by atoms with Crippen molar-refractivity contribution in [1.29, 1.82) is 0 Å². The molecule has 0 saturated heterocycles. The van der Waals surface area contributed by atoms with Crippen LogP contribution in [0.5, 0.6) is 5.75 Å². The molecule has 1 aromatic heterocycles. The Morgan fingerprint density at radius 1 is 0.963 bits per heavy atom. The summed E-state index contributed by atoms with van der Waals surface area (Å²) in [4.78, 5) is 18.6. The number of hydrogen-bond donors (Lipinski definition) is 2. The minimum Gasteiger partial charge on any atom is -0.497 e. The van der Waals surface area contributed by atoms with Gasteiger partial charge in [-0.25, -0.2) is 4.98 Å². The van der Waals surface area contributed by atoms with Gasteiger partial charge in [0.15, 0.2) is 0 Å². The number of methoxy groups -OCH3 is 1. The van der Waals surface area contributed by atoms with Crippen molar-refractivity contribution in [3.05, 3.63) is 72.6 Å².